The summed E-state index contributed by atoms with van der Waals surface area (Å²) in [6, 6.07) is 8.55. The molecule has 2 rings (SSSR count). The zero-order valence-corrected chi connectivity index (χ0v) is 12.9. The molecule has 0 aliphatic carbocycles. The lowest BCUT2D eigenvalue weighted by Gasteiger charge is -2.37. The van der Waals surface area contributed by atoms with Crippen molar-refractivity contribution in [3.8, 4) is 0 Å². The van der Waals surface area contributed by atoms with Gasteiger partial charge >= 0.3 is 0 Å². The first kappa shape index (κ1) is 15.2. The summed E-state index contributed by atoms with van der Waals surface area (Å²) in [5.41, 5.74) is 1.99. The number of piperazine rings is 1. The predicted octanol–water partition coefficient (Wildman–Crippen LogP) is 2.59. The van der Waals surface area contributed by atoms with E-state index >= 15 is 0 Å². The van der Waals surface area contributed by atoms with Gasteiger partial charge in [-0.05, 0) is 26.3 Å². The number of hydrogen-bond acceptors (Lipinski definition) is 3. The van der Waals surface area contributed by atoms with E-state index in [2.05, 4.69) is 23.6 Å². The van der Waals surface area contributed by atoms with Gasteiger partial charge in [-0.3, -0.25) is 14.6 Å². The normalized spacial score (nSPS) is 18.9. The van der Waals surface area contributed by atoms with Gasteiger partial charge in [0.25, 0.3) is 0 Å². The van der Waals surface area contributed by atoms with Crippen molar-refractivity contribution in [3.05, 3.63) is 35.4 Å². The molecule has 1 atom stereocenters. The van der Waals surface area contributed by atoms with Gasteiger partial charge < -0.3 is 0 Å². The molecule has 0 radical (unpaired) electrons. The maximum Gasteiger partial charge on any atom is 0.176 e. The van der Waals surface area contributed by atoms with E-state index in [-0.39, 0.29) is 5.78 Å². The summed E-state index contributed by atoms with van der Waals surface area (Å²) in [5.74, 6) is 0.241. The van der Waals surface area contributed by atoms with Crippen LogP contribution in [0.4, 0.5) is 0 Å². The summed E-state index contributed by atoms with van der Waals surface area (Å²) < 4.78 is 0. The largest absolute Gasteiger partial charge is 0.298 e. The molecule has 3 heteroatoms. The molecule has 110 valence electrons. The van der Waals surface area contributed by atoms with Crippen molar-refractivity contribution in [2.75, 3.05) is 32.7 Å². The van der Waals surface area contributed by atoms with Gasteiger partial charge in [-0.1, -0.05) is 30.7 Å². The Morgan fingerprint density at radius 2 is 1.95 bits per heavy atom. The number of ketones is 1. The minimum Gasteiger partial charge on any atom is -0.298 e. The van der Waals surface area contributed by atoms with Gasteiger partial charge in [-0.25, -0.2) is 0 Å². The van der Waals surface area contributed by atoms with Crippen LogP contribution in [0.15, 0.2) is 24.3 Å². The highest BCUT2D eigenvalue weighted by atomic mass is 16.1. The van der Waals surface area contributed by atoms with Gasteiger partial charge in [0.15, 0.2) is 5.78 Å². The molecule has 0 N–H and O–H groups in total. The number of rotatable bonds is 5. The third kappa shape index (κ3) is 3.90. The van der Waals surface area contributed by atoms with Crippen molar-refractivity contribution in [1.82, 2.24) is 9.80 Å². The zero-order valence-electron chi connectivity index (χ0n) is 12.9. The van der Waals surface area contributed by atoms with Crippen molar-refractivity contribution in [2.45, 2.75) is 33.2 Å². The summed E-state index contributed by atoms with van der Waals surface area (Å²) in [4.78, 5) is 17.1. The lowest BCUT2D eigenvalue weighted by molar-refractivity contribution is 0.0784. The quantitative estimate of drug-likeness (QED) is 0.771. The van der Waals surface area contributed by atoms with E-state index in [1.165, 1.54) is 6.42 Å². The molecule has 1 aliphatic heterocycles. The Kier molecular flexibility index (Phi) is 5.32. The van der Waals surface area contributed by atoms with Crippen LogP contribution in [0.25, 0.3) is 0 Å². The lowest BCUT2D eigenvalue weighted by Crippen LogP contribution is -2.50. The second kappa shape index (κ2) is 7.00. The van der Waals surface area contributed by atoms with E-state index in [9.17, 15) is 4.79 Å². The highest BCUT2D eigenvalue weighted by Gasteiger charge is 2.21. The molecule has 1 unspecified atom stereocenters. The molecule has 0 saturated carbocycles. The van der Waals surface area contributed by atoms with Crippen LogP contribution in [-0.4, -0.2) is 54.3 Å². The highest BCUT2D eigenvalue weighted by Crippen LogP contribution is 2.10. The molecular formula is C17H26N2O. The average molecular weight is 274 g/mol. The molecule has 1 heterocycles. The first-order chi connectivity index (χ1) is 9.60. The van der Waals surface area contributed by atoms with E-state index < -0.39 is 0 Å². The lowest BCUT2D eigenvalue weighted by atomic mass is 10.1. The topological polar surface area (TPSA) is 23.6 Å². The molecule has 1 aromatic rings. The summed E-state index contributed by atoms with van der Waals surface area (Å²) >= 11 is 0. The maximum atomic E-state index is 12.3. The van der Waals surface area contributed by atoms with E-state index in [4.69, 9.17) is 0 Å². The number of hydrogen-bond donors (Lipinski definition) is 0. The van der Waals surface area contributed by atoms with Gasteiger partial charge in [0.05, 0.1) is 6.54 Å². The Hall–Kier alpha value is -1.19. The van der Waals surface area contributed by atoms with Crippen molar-refractivity contribution in [1.29, 1.82) is 0 Å². The summed E-state index contributed by atoms with van der Waals surface area (Å²) in [6.45, 7) is 11.3. The average Bonchev–Trinajstić information content (AvgIpc) is 2.47. The molecule has 0 amide bonds. The first-order valence-electron chi connectivity index (χ1n) is 7.66. The van der Waals surface area contributed by atoms with Gasteiger partial charge in [0.1, 0.15) is 0 Å². The van der Waals surface area contributed by atoms with E-state index in [1.54, 1.807) is 0 Å². The number of Topliss-reactive ketones (excluding diaryl/α,β-unsaturated/α-hetero) is 1. The molecule has 0 spiro atoms. The third-order valence-corrected chi connectivity index (χ3v) is 4.33. The van der Waals surface area contributed by atoms with E-state index in [0.29, 0.717) is 12.6 Å². The fourth-order valence-corrected chi connectivity index (χ4v) is 2.73. The van der Waals surface area contributed by atoms with Crippen LogP contribution >= 0.6 is 0 Å². The highest BCUT2D eigenvalue weighted by molar-refractivity contribution is 5.97. The third-order valence-electron chi connectivity index (χ3n) is 4.33. The fraction of sp³-hybridized carbons (Fsp3) is 0.588. The van der Waals surface area contributed by atoms with E-state index in [0.717, 1.165) is 37.3 Å². The maximum absolute atomic E-state index is 12.3. The van der Waals surface area contributed by atoms with Crippen molar-refractivity contribution >= 4 is 5.78 Å². The molecule has 0 aromatic heterocycles. The van der Waals surface area contributed by atoms with Crippen LogP contribution in [0.5, 0.6) is 0 Å². The van der Waals surface area contributed by atoms with Crippen molar-refractivity contribution in [3.63, 3.8) is 0 Å². The van der Waals surface area contributed by atoms with E-state index in [1.807, 2.05) is 31.2 Å². The monoisotopic (exact) mass is 274 g/mol. The second-order valence-corrected chi connectivity index (χ2v) is 5.86. The molecule has 1 aliphatic rings. The smallest absolute Gasteiger partial charge is 0.176 e. The molecule has 1 aromatic carbocycles. The van der Waals surface area contributed by atoms with Crippen LogP contribution in [0, 0.1) is 6.92 Å². The molecule has 20 heavy (non-hydrogen) atoms. The Bertz CT molecular complexity index is 450. The van der Waals surface area contributed by atoms with Gasteiger partial charge in [-0.2, -0.15) is 0 Å². The Balaban J connectivity index is 1.85. The van der Waals surface area contributed by atoms with Crippen molar-refractivity contribution < 1.29 is 4.79 Å². The van der Waals surface area contributed by atoms with Crippen LogP contribution in [0.1, 0.15) is 36.2 Å². The van der Waals surface area contributed by atoms with Crippen LogP contribution < -0.4 is 0 Å². The number of aryl methyl sites for hydroxylation is 1. The van der Waals surface area contributed by atoms with Gasteiger partial charge in [0.2, 0.25) is 0 Å². The predicted molar refractivity (Wildman–Crippen MR) is 83.3 cm³/mol. The minimum absolute atomic E-state index is 0.241. The SMILES string of the molecule is CCC(C)N1CCN(CC(=O)c2cccc(C)c2)CC1. The molecule has 0 bridgehead atoms. The molecule has 1 fully saturated rings. The number of nitrogens with zero attached hydrogens (tertiary/aromatic N) is 2. The second-order valence-electron chi connectivity index (χ2n) is 5.86. The number of carbonyl (C=O) groups is 1. The van der Waals surface area contributed by atoms with Crippen LogP contribution in [-0.2, 0) is 0 Å². The van der Waals surface area contributed by atoms with Crippen molar-refractivity contribution in [2.24, 2.45) is 0 Å². The Morgan fingerprint density at radius 3 is 2.55 bits per heavy atom. The zero-order chi connectivity index (χ0) is 14.5. The molecular weight excluding hydrogens is 248 g/mol. The molecule has 1 saturated heterocycles. The Labute approximate surface area is 122 Å². The summed E-state index contributed by atoms with van der Waals surface area (Å²) in [5, 5.41) is 0. The Morgan fingerprint density at radius 1 is 1.25 bits per heavy atom. The summed E-state index contributed by atoms with van der Waals surface area (Å²) in [7, 11) is 0. The standard InChI is InChI=1S/C17H26N2O/c1-4-15(3)19-10-8-18(9-11-19)13-17(20)16-7-5-6-14(2)12-16/h5-7,12,15H,4,8-11,13H2,1-3H3. The summed E-state index contributed by atoms with van der Waals surface area (Å²) in [6.07, 6.45) is 1.20. The number of carbonyl (C=O) groups excluding carboxylic acids is 1. The van der Waals surface area contributed by atoms with Crippen LogP contribution in [0.2, 0.25) is 0 Å². The molecule has 3 nitrogen and oxygen atoms in total. The first-order valence-corrected chi connectivity index (χ1v) is 7.66. The van der Waals surface area contributed by atoms with Gasteiger partial charge in [-0.15, -0.1) is 0 Å². The van der Waals surface area contributed by atoms with Crippen LogP contribution in [0.3, 0.4) is 0 Å². The fourth-order valence-electron chi connectivity index (χ4n) is 2.73. The number of benzene rings is 1. The van der Waals surface area contributed by atoms with Gasteiger partial charge in [0, 0.05) is 37.8 Å². The minimum atomic E-state index is 0.241.